The van der Waals surface area contributed by atoms with Crippen LogP contribution < -0.4 is 0 Å². The number of hydrogen-bond donors (Lipinski definition) is 0. The Labute approximate surface area is 98.1 Å². The molecular formula is C8H3BrCl2N2O. The fourth-order valence-electron chi connectivity index (χ4n) is 0.978. The van der Waals surface area contributed by atoms with Gasteiger partial charge < -0.3 is 4.52 Å². The molecule has 2 rings (SSSR count). The van der Waals surface area contributed by atoms with Crippen LogP contribution in [0.15, 0.2) is 27.5 Å². The van der Waals surface area contributed by atoms with Crippen LogP contribution in [0.3, 0.4) is 0 Å². The molecule has 0 atom stereocenters. The third-order valence-electron chi connectivity index (χ3n) is 1.56. The lowest BCUT2D eigenvalue weighted by Gasteiger charge is -1.97. The van der Waals surface area contributed by atoms with Gasteiger partial charge in [0.25, 0.3) is 5.89 Å². The molecule has 0 N–H and O–H groups in total. The average Bonchev–Trinajstić information content (AvgIpc) is 2.51. The van der Waals surface area contributed by atoms with Crippen LogP contribution in [-0.2, 0) is 0 Å². The monoisotopic (exact) mass is 292 g/mol. The molecule has 6 heteroatoms. The number of halogens is 3. The van der Waals surface area contributed by atoms with E-state index in [1.165, 1.54) is 0 Å². The zero-order chi connectivity index (χ0) is 10.1. The Morgan fingerprint density at radius 1 is 1.29 bits per heavy atom. The molecule has 3 nitrogen and oxygen atoms in total. The first kappa shape index (κ1) is 9.96. The van der Waals surface area contributed by atoms with Crippen molar-refractivity contribution in [1.29, 1.82) is 0 Å². The van der Waals surface area contributed by atoms with E-state index < -0.39 is 0 Å². The Bertz CT molecular complexity index is 472. The van der Waals surface area contributed by atoms with E-state index >= 15 is 0 Å². The molecule has 0 amide bonds. The highest BCUT2D eigenvalue weighted by molar-refractivity contribution is 9.10. The molecule has 1 aromatic heterocycles. The van der Waals surface area contributed by atoms with Crippen molar-refractivity contribution in [3.05, 3.63) is 33.0 Å². The van der Waals surface area contributed by atoms with E-state index in [-0.39, 0.29) is 0 Å². The minimum atomic E-state index is 0.360. The molecule has 0 saturated carbocycles. The van der Waals surface area contributed by atoms with Crippen molar-refractivity contribution >= 4 is 39.1 Å². The van der Waals surface area contributed by atoms with Crippen LogP contribution in [0.4, 0.5) is 0 Å². The van der Waals surface area contributed by atoms with Crippen molar-refractivity contribution < 1.29 is 4.52 Å². The van der Waals surface area contributed by atoms with Crippen LogP contribution in [0.5, 0.6) is 0 Å². The summed E-state index contributed by atoms with van der Waals surface area (Å²) in [6.07, 6.45) is 0. The fourth-order valence-corrected chi connectivity index (χ4v) is 1.70. The first-order valence-electron chi connectivity index (χ1n) is 3.61. The second kappa shape index (κ2) is 3.88. The van der Waals surface area contributed by atoms with Crippen molar-refractivity contribution in [2.45, 2.75) is 0 Å². The molecular weight excluding hydrogens is 291 g/mol. The maximum absolute atomic E-state index is 5.95. The highest BCUT2D eigenvalue weighted by Gasteiger charge is 2.10. The molecule has 0 aliphatic carbocycles. The summed E-state index contributed by atoms with van der Waals surface area (Å²) in [6.45, 7) is 0. The summed E-state index contributed by atoms with van der Waals surface area (Å²) in [5.41, 5.74) is 0.661. The quantitative estimate of drug-likeness (QED) is 0.802. The molecule has 0 spiro atoms. The van der Waals surface area contributed by atoms with Gasteiger partial charge in [0, 0.05) is 5.02 Å². The summed E-state index contributed by atoms with van der Waals surface area (Å²) in [4.78, 5) is 3.98. The average molecular weight is 294 g/mol. The highest BCUT2D eigenvalue weighted by atomic mass is 79.9. The lowest BCUT2D eigenvalue weighted by Crippen LogP contribution is -1.79. The smallest absolute Gasteiger partial charge is 0.260 e. The van der Waals surface area contributed by atoms with Crippen LogP contribution in [0.2, 0.25) is 10.0 Å². The van der Waals surface area contributed by atoms with Gasteiger partial charge in [-0.3, -0.25) is 0 Å². The molecule has 0 saturated heterocycles. The van der Waals surface area contributed by atoms with E-state index in [1.807, 2.05) is 0 Å². The SMILES string of the molecule is Clc1ccc(-c2nc(Br)no2)c(Cl)c1. The van der Waals surface area contributed by atoms with Crippen LogP contribution in [0, 0.1) is 0 Å². The van der Waals surface area contributed by atoms with E-state index in [2.05, 4.69) is 26.1 Å². The Kier molecular flexibility index (Phi) is 2.76. The normalized spacial score (nSPS) is 10.5. The molecule has 2 aromatic rings. The van der Waals surface area contributed by atoms with Crippen molar-refractivity contribution in [3.8, 4) is 11.5 Å². The highest BCUT2D eigenvalue weighted by Crippen LogP contribution is 2.29. The molecule has 0 fully saturated rings. The van der Waals surface area contributed by atoms with Crippen LogP contribution in [-0.4, -0.2) is 10.1 Å². The first-order valence-corrected chi connectivity index (χ1v) is 5.16. The summed E-state index contributed by atoms with van der Waals surface area (Å²) in [5.74, 6) is 0.360. The molecule has 0 radical (unpaired) electrons. The topological polar surface area (TPSA) is 38.9 Å². The van der Waals surface area contributed by atoms with Crippen molar-refractivity contribution in [2.75, 3.05) is 0 Å². The van der Waals surface area contributed by atoms with Crippen molar-refractivity contribution in [1.82, 2.24) is 10.1 Å². The Morgan fingerprint density at radius 2 is 2.07 bits per heavy atom. The van der Waals surface area contributed by atoms with Gasteiger partial charge in [0.15, 0.2) is 0 Å². The van der Waals surface area contributed by atoms with Gasteiger partial charge in [-0.2, -0.15) is 4.98 Å². The van der Waals surface area contributed by atoms with Crippen LogP contribution >= 0.6 is 39.1 Å². The van der Waals surface area contributed by atoms with Gasteiger partial charge in [0.2, 0.25) is 4.73 Å². The Hall–Kier alpha value is -0.580. The predicted molar refractivity (Wildman–Crippen MR) is 57.5 cm³/mol. The maximum atomic E-state index is 5.95. The summed E-state index contributed by atoms with van der Waals surface area (Å²) in [5, 5.41) is 4.64. The zero-order valence-electron chi connectivity index (χ0n) is 6.67. The number of benzene rings is 1. The van der Waals surface area contributed by atoms with Crippen molar-refractivity contribution in [3.63, 3.8) is 0 Å². The van der Waals surface area contributed by atoms with E-state index in [0.717, 1.165) is 0 Å². The minimum absolute atomic E-state index is 0.360. The molecule has 1 aromatic carbocycles. The third-order valence-corrected chi connectivity index (χ3v) is 2.43. The first-order chi connectivity index (χ1) is 6.66. The molecule has 72 valence electrons. The molecule has 0 aliphatic heterocycles. The van der Waals surface area contributed by atoms with E-state index in [9.17, 15) is 0 Å². The van der Waals surface area contributed by atoms with Gasteiger partial charge in [0.05, 0.1) is 10.6 Å². The Morgan fingerprint density at radius 3 is 2.64 bits per heavy atom. The predicted octanol–water partition coefficient (Wildman–Crippen LogP) is 3.81. The van der Waals surface area contributed by atoms with Gasteiger partial charge in [-0.15, -0.1) is 0 Å². The Balaban J connectivity index is 2.52. The number of hydrogen-bond acceptors (Lipinski definition) is 3. The van der Waals surface area contributed by atoms with Crippen LogP contribution in [0.1, 0.15) is 0 Å². The second-order valence-electron chi connectivity index (χ2n) is 2.49. The lowest BCUT2D eigenvalue weighted by atomic mass is 10.2. The fraction of sp³-hybridized carbons (Fsp3) is 0. The number of rotatable bonds is 1. The van der Waals surface area contributed by atoms with Crippen LogP contribution in [0.25, 0.3) is 11.5 Å². The lowest BCUT2D eigenvalue weighted by molar-refractivity contribution is 0.426. The summed E-state index contributed by atoms with van der Waals surface area (Å²) >= 11 is 14.8. The van der Waals surface area contributed by atoms with Gasteiger partial charge in [0.1, 0.15) is 0 Å². The minimum Gasteiger partial charge on any atom is -0.333 e. The van der Waals surface area contributed by atoms with Crippen molar-refractivity contribution in [2.24, 2.45) is 0 Å². The zero-order valence-corrected chi connectivity index (χ0v) is 9.77. The molecule has 0 aliphatic rings. The third kappa shape index (κ3) is 1.92. The largest absolute Gasteiger partial charge is 0.333 e. The van der Waals surface area contributed by atoms with Gasteiger partial charge >= 0.3 is 0 Å². The molecule has 14 heavy (non-hydrogen) atoms. The number of aromatic nitrogens is 2. The van der Waals surface area contributed by atoms with Gasteiger partial charge in [-0.25, -0.2) is 0 Å². The molecule has 1 heterocycles. The van der Waals surface area contributed by atoms with E-state index in [0.29, 0.717) is 26.2 Å². The second-order valence-corrected chi connectivity index (χ2v) is 4.05. The maximum Gasteiger partial charge on any atom is 0.260 e. The number of nitrogens with zero attached hydrogens (tertiary/aromatic N) is 2. The van der Waals surface area contributed by atoms with E-state index in [1.54, 1.807) is 18.2 Å². The molecule has 0 unspecified atom stereocenters. The van der Waals surface area contributed by atoms with E-state index in [4.69, 9.17) is 27.7 Å². The summed E-state index contributed by atoms with van der Waals surface area (Å²) in [7, 11) is 0. The van der Waals surface area contributed by atoms with Gasteiger partial charge in [-0.05, 0) is 39.3 Å². The molecule has 0 bridgehead atoms. The van der Waals surface area contributed by atoms with Gasteiger partial charge in [-0.1, -0.05) is 23.2 Å². The summed E-state index contributed by atoms with van der Waals surface area (Å²) in [6, 6.07) is 5.06. The summed E-state index contributed by atoms with van der Waals surface area (Å²) < 4.78 is 5.32. The standard InChI is InChI=1S/C8H3BrCl2N2O/c9-8-12-7(14-13-8)5-2-1-4(10)3-6(5)11/h1-3H.